The number of fused-ring (bicyclic) bond motifs is 1. The largest absolute Gasteiger partial charge is 0.449 e. The molecule has 0 amide bonds. The predicted octanol–water partition coefficient (Wildman–Crippen LogP) is 4.19. The Hall–Kier alpha value is -1.41. The molecular weight excluding hydrogens is 234 g/mol. The van der Waals surface area contributed by atoms with Crippen LogP contribution in [0, 0.1) is 6.92 Å². The normalized spacial score (nSPS) is 18.6. The molecule has 1 aliphatic rings. The van der Waals surface area contributed by atoms with E-state index in [1.807, 2.05) is 12.1 Å². The van der Waals surface area contributed by atoms with E-state index in [1.165, 1.54) is 16.8 Å². The van der Waals surface area contributed by atoms with Crippen LogP contribution in [-0.4, -0.2) is 6.54 Å². The van der Waals surface area contributed by atoms with E-state index in [4.69, 9.17) is 16.0 Å². The molecule has 3 heteroatoms. The highest BCUT2D eigenvalue weighted by Crippen LogP contribution is 2.39. The van der Waals surface area contributed by atoms with Crippen molar-refractivity contribution in [2.45, 2.75) is 19.3 Å². The molecule has 2 heterocycles. The summed E-state index contributed by atoms with van der Waals surface area (Å²) in [5.74, 6) is 1.28. The molecule has 0 spiro atoms. The Morgan fingerprint density at radius 2 is 2.18 bits per heavy atom. The molecule has 1 N–H and O–H groups in total. The van der Waals surface area contributed by atoms with Crippen molar-refractivity contribution in [3.63, 3.8) is 0 Å². The fraction of sp³-hybridized carbons (Fsp3) is 0.286. The average Bonchev–Trinajstić information content (AvgIpc) is 2.76. The first-order valence-corrected chi connectivity index (χ1v) is 6.22. The van der Waals surface area contributed by atoms with Gasteiger partial charge in [0.15, 0.2) is 5.22 Å². The molecule has 1 unspecified atom stereocenters. The molecule has 1 aromatic carbocycles. The summed E-state index contributed by atoms with van der Waals surface area (Å²) in [5, 5.41) is 3.93. The zero-order valence-corrected chi connectivity index (χ0v) is 10.4. The quantitative estimate of drug-likeness (QED) is 0.818. The Bertz CT molecular complexity index is 547. The van der Waals surface area contributed by atoms with Crippen LogP contribution < -0.4 is 5.32 Å². The molecule has 2 nitrogen and oxygen atoms in total. The van der Waals surface area contributed by atoms with Gasteiger partial charge in [0.1, 0.15) is 5.76 Å². The van der Waals surface area contributed by atoms with Gasteiger partial charge >= 0.3 is 0 Å². The minimum Gasteiger partial charge on any atom is -0.449 e. The maximum atomic E-state index is 5.86. The first-order chi connectivity index (χ1) is 8.25. The van der Waals surface area contributed by atoms with Crippen molar-refractivity contribution < 1.29 is 4.42 Å². The number of para-hydroxylation sites is 1. The van der Waals surface area contributed by atoms with E-state index in [1.54, 1.807) is 0 Å². The fourth-order valence-electron chi connectivity index (χ4n) is 2.53. The van der Waals surface area contributed by atoms with E-state index in [-0.39, 0.29) is 0 Å². The Morgan fingerprint density at radius 3 is 2.94 bits per heavy atom. The SMILES string of the molecule is Cc1cccc2c1NCCC2c1ccc(Cl)o1. The van der Waals surface area contributed by atoms with Crippen molar-refractivity contribution >= 4 is 17.3 Å². The summed E-state index contributed by atoms with van der Waals surface area (Å²) in [7, 11) is 0. The Morgan fingerprint density at radius 1 is 1.29 bits per heavy atom. The van der Waals surface area contributed by atoms with Crippen LogP contribution in [0.25, 0.3) is 0 Å². The van der Waals surface area contributed by atoms with Crippen molar-refractivity contribution in [2.75, 3.05) is 11.9 Å². The van der Waals surface area contributed by atoms with Crippen molar-refractivity contribution in [3.05, 3.63) is 52.4 Å². The van der Waals surface area contributed by atoms with Gasteiger partial charge in [-0.05, 0) is 48.2 Å². The summed E-state index contributed by atoms with van der Waals surface area (Å²) in [6, 6.07) is 10.2. The second-order valence-electron chi connectivity index (χ2n) is 4.45. The number of halogens is 1. The van der Waals surface area contributed by atoms with Crippen LogP contribution in [0.4, 0.5) is 5.69 Å². The van der Waals surface area contributed by atoms with Crippen molar-refractivity contribution in [2.24, 2.45) is 0 Å². The molecule has 2 aromatic rings. The van der Waals surface area contributed by atoms with Crippen LogP contribution in [0.5, 0.6) is 0 Å². The van der Waals surface area contributed by atoms with Gasteiger partial charge in [-0.1, -0.05) is 18.2 Å². The Kier molecular flexibility index (Phi) is 2.60. The van der Waals surface area contributed by atoms with Gasteiger partial charge in [0, 0.05) is 18.2 Å². The van der Waals surface area contributed by atoms with E-state index in [9.17, 15) is 0 Å². The standard InChI is InChI=1S/C14H14ClNO/c1-9-3-2-4-11-10(7-8-16-14(9)11)12-5-6-13(15)17-12/h2-6,10,16H,7-8H2,1H3. The van der Waals surface area contributed by atoms with Gasteiger partial charge in [-0.2, -0.15) is 0 Å². The number of anilines is 1. The monoisotopic (exact) mass is 247 g/mol. The number of aryl methyl sites for hydroxylation is 1. The average molecular weight is 248 g/mol. The lowest BCUT2D eigenvalue weighted by atomic mass is 9.87. The Labute approximate surface area is 106 Å². The smallest absolute Gasteiger partial charge is 0.193 e. The molecule has 3 rings (SSSR count). The van der Waals surface area contributed by atoms with Crippen LogP contribution in [0.15, 0.2) is 34.7 Å². The number of hydrogen-bond acceptors (Lipinski definition) is 2. The highest BCUT2D eigenvalue weighted by atomic mass is 35.5. The zero-order chi connectivity index (χ0) is 11.8. The number of benzene rings is 1. The maximum Gasteiger partial charge on any atom is 0.193 e. The predicted molar refractivity (Wildman–Crippen MR) is 69.8 cm³/mol. The molecule has 0 aliphatic carbocycles. The van der Waals surface area contributed by atoms with Gasteiger partial charge in [-0.15, -0.1) is 0 Å². The van der Waals surface area contributed by atoms with Gasteiger partial charge in [-0.25, -0.2) is 0 Å². The minimum absolute atomic E-state index is 0.318. The molecule has 0 saturated heterocycles. The second-order valence-corrected chi connectivity index (χ2v) is 4.82. The molecule has 17 heavy (non-hydrogen) atoms. The third-order valence-electron chi connectivity index (χ3n) is 3.35. The molecule has 0 radical (unpaired) electrons. The van der Waals surface area contributed by atoms with Gasteiger partial charge in [0.25, 0.3) is 0 Å². The zero-order valence-electron chi connectivity index (χ0n) is 9.66. The van der Waals surface area contributed by atoms with Gasteiger partial charge in [0.05, 0.1) is 0 Å². The summed E-state index contributed by atoms with van der Waals surface area (Å²) in [5.41, 5.74) is 3.84. The lowest BCUT2D eigenvalue weighted by molar-refractivity contribution is 0.476. The van der Waals surface area contributed by atoms with Crippen molar-refractivity contribution in [3.8, 4) is 0 Å². The molecule has 0 saturated carbocycles. The second kappa shape index (κ2) is 4.11. The fourth-order valence-corrected chi connectivity index (χ4v) is 2.68. The van der Waals surface area contributed by atoms with E-state index in [0.717, 1.165) is 18.7 Å². The minimum atomic E-state index is 0.318. The summed E-state index contributed by atoms with van der Waals surface area (Å²) < 4.78 is 5.56. The number of furan rings is 1. The van der Waals surface area contributed by atoms with E-state index < -0.39 is 0 Å². The third-order valence-corrected chi connectivity index (χ3v) is 3.56. The molecule has 1 aromatic heterocycles. The molecule has 1 atom stereocenters. The lowest BCUT2D eigenvalue weighted by Gasteiger charge is -2.26. The van der Waals surface area contributed by atoms with E-state index >= 15 is 0 Å². The van der Waals surface area contributed by atoms with Crippen LogP contribution in [0.3, 0.4) is 0 Å². The van der Waals surface area contributed by atoms with Gasteiger partial charge < -0.3 is 9.73 Å². The topological polar surface area (TPSA) is 25.2 Å². The summed E-state index contributed by atoms with van der Waals surface area (Å²) in [4.78, 5) is 0. The Balaban J connectivity index is 2.08. The first-order valence-electron chi connectivity index (χ1n) is 5.84. The van der Waals surface area contributed by atoms with Crippen LogP contribution >= 0.6 is 11.6 Å². The summed E-state index contributed by atoms with van der Waals surface area (Å²) in [6.07, 6.45) is 1.04. The van der Waals surface area contributed by atoms with E-state index in [0.29, 0.717) is 11.1 Å². The molecule has 88 valence electrons. The molecule has 0 fully saturated rings. The maximum absolute atomic E-state index is 5.86. The van der Waals surface area contributed by atoms with Crippen LogP contribution in [0.2, 0.25) is 5.22 Å². The third kappa shape index (κ3) is 1.83. The lowest BCUT2D eigenvalue weighted by Crippen LogP contribution is -2.18. The summed E-state index contributed by atoms with van der Waals surface area (Å²) >= 11 is 5.86. The summed E-state index contributed by atoms with van der Waals surface area (Å²) in [6.45, 7) is 3.10. The molecule has 0 bridgehead atoms. The molecular formula is C14H14ClNO. The number of nitrogens with one attached hydrogen (secondary N) is 1. The van der Waals surface area contributed by atoms with E-state index in [2.05, 4.69) is 30.4 Å². The van der Waals surface area contributed by atoms with Gasteiger partial charge in [-0.3, -0.25) is 0 Å². The molecule has 1 aliphatic heterocycles. The van der Waals surface area contributed by atoms with Gasteiger partial charge in [0.2, 0.25) is 0 Å². The number of rotatable bonds is 1. The highest BCUT2D eigenvalue weighted by molar-refractivity contribution is 6.28. The first kappa shape index (κ1) is 10.7. The van der Waals surface area contributed by atoms with Crippen molar-refractivity contribution in [1.29, 1.82) is 0 Å². The van der Waals surface area contributed by atoms with Crippen LogP contribution in [0.1, 0.15) is 29.2 Å². The van der Waals surface area contributed by atoms with Crippen molar-refractivity contribution in [1.82, 2.24) is 0 Å². The highest BCUT2D eigenvalue weighted by Gasteiger charge is 2.24. The number of hydrogen-bond donors (Lipinski definition) is 1. The van der Waals surface area contributed by atoms with Crippen LogP contribution in [-0.2, 0) is 0 Å².